The molecule has 0 unspecified atom stereocenters. The highest BCUT2D eigenvalue weighted by Gasteiger charge is 2.15. The fourth-order valence-electron chi connectivity index (χ4n) is 3.77. The van der Waals surface area contributed by atoms with E-state index in [1.54, 1.807) is 0 Å². The van der Waals surface area contributed by atoms with Gasteiger partial charge in [0, 0.05) is 48.0 Å². The lowest BCUT2D eigenvalue weighted by Crippen LogP contribution is -2.22. The molecule has 0 bridgehead atoms. The van der Waals surface area contributed by atoms with E-state index in [4.69, 9.17) is 9.47 Å². The van der Waals surface area contributed by atoms with E-state index in [9.17, 15) is 9.59 Å². The quantitative estimate of drug-likeness (QED) is 0.217. The second kappa shape index (κ2) is 13.0. The van der Waals surface area contributed by atoms with Gasteiger partial charge in [0.2, 0.25) is 0 Å². The zero-order valence-corrected chi connectivity index (χ0v) is 20.9. The van der Waals surface area contributed by atoms with Gasteiger partial charge in [-0.3, -0.25) is 0 Å². The van der Waals surface area contributed by atoms with Crippen molar-refractivity contribution in [2.75, 3.05) is 22.9 Å². The van der Waals surface area contributed by atoms with Crippen LogP contribution in [0, 0.1) is 0 Å². The van der Waals surface area contributed by atoms with Crippen LogP contribution in [0.15, 0.2) is 98.1 Å². The van der Waals surface area contributed by atoms with Crippen LogP contribution in [0.4, 0.5) is 22.7 Å². The van der Waals surface area contributed by atoms with Crippen molar-refractivity contribution in [1.82, 2.24) is 0 Å². The molecule has 0 spiro atoms. The third-order valence-electron chi connectivity index (χ3n) is 5.70. The lowest BCUT2D eigenvalue weighted by molar-refractivity contribution is -0.139. The van der Waals surface area contributed by atoms with Gasteiger partial charge in [-0.05, 0) is 67.4 Å². The van der Waals surface area contributed by atoms with Crippen LogP contribution in [0.5, 0.6) is 0 Å². The van der Waals surface area contributed by atoms with Gasteiger partial charge in [0.25, 0.3) is 0 Å². The smallest absolute Gasteiger partial charge is 0.330 e. The van der Waals surface area contributed by atoms with E-state index in [2.05, 4.69) is 61.1 Å². The molecule has 6 nitrogen and oxygen atoms in total. The maximum atomic E-state index is 11.4. The SMILES string of the molecule is C=CC(=O)OCc1ccc(N(c2ccc(COC(=O)C=C)cc2)c2cccc(N(CC)CC)c2)cc1. The van der Waals surface area contributed by atoms with E-state index in [1.165, 1.54) is 0 Å². The predicted molar refractivity (Wildman–Crippen MR) is 145 cm³/mol. The molecule has 186 valence electrons. The second-order valence-electron chi connectivity index (χ2n) is 7.98. The number of hydrogen-bond acceptors (Lipinski definition) is 6. The highest BCUT2D eigenvalue weighted by Crippen LogP contribution is 2.36. The largest absolute Gasteiger partial charge is 0.458 e. The van der Waals surface area contributed by atoms with E-state index in [1.807, 2.05) is 48.5 Å². The monoisotopic (exact) mass is 484 g/mol. The van der Waals surface area contributed by atoms with Gasteiger partial charge in [-0.25, -0.2) is 9.59 Å². The number of nitrogens with zero attached hydrogens (tertiary/aromatic N) is 2. The molecule has 0 heterocycles. The third-order valence-corrected chi connectivity index (χ3v) is 5.70. The molecule has 0 aliphatic heterocycles. The average molecular weight is 485 g/mol. The van der Waals surface area contributed by atoms with Crippen molar-refractivity contribution in [1.29, 1.82) is 0 Å². The fraction of sp³-hybridized carbons (Fsp3) is 0.200. The Labute approximate surface area is 213 Å². The van der Waals surface area contributed by atoms with Crippen molar-refractivity contribution < 1.29 is 19.1 Å². The highest BCUT2D eigenvalue weighted by molar-refractivity contribution is 5.82. The van der Waals surface area contributed by atoms with Gasteiger partial charge in [0.15, 0.2) is 0 Å². The molecule has 0 saturated carbocycles. The van der Waals surface area contributed by atoms with Crippen LogP contribution < -0.4 is 9.80 Å². The molecule has 0 amide bonds. The summed E-state index contributed by atoms with van der Waals surface area (Å²) in [4.78, 5) is 27.3. The number of rotatable bonds is 12. The summed E-state index contributed by atoms with van der Waals surface area (Å²) in [5.41, 5.74) is 5.82. The van der Waals surface area contributed by atoms with Crippen LogP contribution in [0.2, 0.25) is 0 Å². The molecule has 0 atom stereocenters. The Morgan fingerprint density at radius 1 is 0.694 bits per heavy atom. The van der Waals surface area contributed by atoms with Crippen molar-refractivity contribution in [3.63, 3.8) is 0 Å². The normalized spacial score (nSPS) is 10.3. The van der Waals surface area contributed by atoms with Gasteiger partial charge in [0.05, 0.1) is 0 Å². The topological polar surface area (TPSA) is 59.1 Å². The molecule has 0 aromatic heterocycles. The standard InChI is InChI=1S/C30H32N2O4/c1-5-29(33)35-21-23-12-16-25(17-13-23)32(28-11-9-10-27(20-28)31(7-3)8-4)26-18-14-24(15-19-26)22-36-30(34)6-2/h5-6,9-20H,1-2,7-8,21-22H2,3-4H3. The molecule has 3 aromatic carbocycles. The highest BCUT2D eigenvalue weighted by atomic mass is 16.5. The van der Waals surface area contributed by atoms with Gasteiger partial charge in [0.1, 0.15) is 13.2 Å². The summed E-state index contributed by atoms with van der Waals surface area (Å²) in [7, 11) is 0. The van der Waals surface area contributed by atoms with Crippen molar-refractivity contribution >= 4 is 34.7 Å². The van der Waals surface area contributed by atoms with Crippen molar-refractivity contribution in [3.05, 3.63) is 109 Å². The molecular weight excluding hydrogens is 452 g/mol. The Morgan fingerprint density at radius 3 is 1.56 bits per heavy atom. The van der Waals surface area contributed by atoms with Crippen molar-refractivity contribution in [2.24, 2.45) is 0 Å². The molecule has 3 aromatic rings. The van der Waals surface area contributed by atoms with E-state index in [0.29, 0.717) is 0 Å². The van der Waals surface area contributed by atoms with Gasteiger partial charge in [-0.15, -0.1) is 0 Å². The minimum Gasteiger partial charge on any atom is -0.458 e. The Morgan fingerprint density at radius 2 is 1.14 bits per heavy atom. The van der Waals surface area contributed by atoms with Crippen LogP contribution in [0.1, 0.15) is 25.0 Å². The number of hydrogen-bond donors (Lipinski definition) is 0. The summed E-state index contributed by atoms with van der Waals surface area (Å²) in [6.45, 7) is 13.3. The van der Waals surface area contributed by atoms with Crippen LogP contribution in [-0.4, -0.2) is 25.0 Å². The van der Waals surface area contributed by atoms with E-state index in [0.717, 1.165) is 59.1 Å². The first kappa shape index (κ1) is 26.3. The first-order valence-electron chi connectivity index (χ1n) is 11.9. The lowest BCUT2D eigenvalue weighted by atomic mass is 10.1. The van der Waals surface area contributed by atoms with Gasteiger partial charge < -0.3 is 19.3 Å². The summed E-state index contributed by atoms with van der Waals surface area (Å²) in [5, 5.41) is 0. The Balaban J connectivity index is 1.95. The number of carbonyl (C=O) groups excluding carboxylic acids is 2. The maximum absolute atomic E-state index is 11.4. The van der Waals surface area contributed by atoms with Crippen molar-refractivity contribution in [2.45, 2.75) is 27.1 Å². The third kappa shape index (κ3) is 6.85. The summed E-state index contributed by atoms with van der Waals surface area (Å²) in [5.74, 6) is -0.902. The molecular formula is C30H32N2O4. The second-order valence-corrected chi connectivity index (χ2v) is 7.98. The summed E-state index contributed by atoms with van der Waals surface area (Å²) in [6, 6.07) is 24.2. The fourth-order valence-corrected chi connectivity index (χ4v) is 3.77. The van der Waals surface area contributed by atoms with Gasteiger partial charge >= 0.3 is 11.9 Å². The first-order chi connectivity index (χ1) is 17.5. The van der Waals surface area contributed by atoms with E-state index >= 15 is 0 Å². The Kier molecular flexibility index (Phi) is 9.46. The number of esters is 2. The zero-order chi connectivity index (χ0) is 25.9. The average Bonchev–Trinajstić information content (AvgIpc) is 2.93. The summed E-state index contributed by atoms with van der Waals surface area (Å²) < 4.78 is 10.3. The number of benzene rings is 3. The maximum Gasteiger partial charge on any atom is 0.330 e. The van der Waals surface area contributed by atoms with Crippen LogP contribution in [0.3, 0.4) is 0 Å². The van der Waals surface area contributed by atoms with E-state index in [-0.39, 0.29) is 13.2 Å². The number of carbonyl (C=O) groups is 2. The van der Waals surface area contributed by atoms with Crippen LogP contribution >= 0.6 is 0 Å². The summed E-state index contributed by atoms with van der Waals surface area (Å²) >= 11 is 0. The summed E-state index contributed by atoms with van der Waals surface area (Å²) in [6.07, 6.45) is 2.31. The molecule has 0 N–H and O–H groups in total. The molecule has 0 aliphatic rings. The lowest BCUT2D eigenvalue weighted by Gasteiger charge is -2.28. The molecule has 0 fully saturated rings. The predicted octanol–water partition coefficient (Wildman–Crippen LogP) is 6.46. The molecule has 0 aliphatic carbocycles. The van der Waals surface area contributed by atoms with E-state index < -0.39 is 11.9 Å². The Bertz CT molecular complexity index is 1110. The van der Waals surface area contributed by atoms with Crippen LogP contribution in [0.25, 0.3) is 0 Å². The molecule has 36 heavy (non-hydrogen) atoms. The minimum atomic E-state index is -0.451. The van der Waals surface area contributed by atoms with Crippen molar-refractivity contribution in [3.8, 4) is 0 Å². The number of anilines is 4. The Hall–Kier alpha value is -4.32. The molecule has 0 saturated heterocycles. The molecule has 3 rings (SSSR count). The van der Waals surface area contributed by atoms with Crippen LogP contribution in [-0.2, 0) is 32.3 Å². The number of ether oxygens (including phenoxy) is 2. The minimum absolute atomic E-state index is 0.181. The molecule has 0 radical (unpaired) electrons. The van der Waals surface area contributed by atoms with Gasteiger partial charge in [-0.2, -0.15) is 0 Å². The van der Waals surface area contributed by atoms with Gasteiger partial charge in [-0.1, -0.05) is 43.5 Å². The molecule has 6 heteroatoms. The first-order valence-corrected chi connectivity index (χ1v) is 11.9. The zero-order valence-electron chi connectivity index (χ0n) is 20.9.